The topological polar surface area (TPSA) is 101 Å². The molecular formula is C15H17N3O5. The van der Waals surface area contributed by atoms with E-state index in [0.29, 0.717) is 16.3 Å². The van der Waals surface area contributed by atoms with Crippen LogP contribution in [0.5, 0.6) is 5.75 Å². The van der Waals surface area contributed by atoms with Gasteiger partial charge in [0.05, 0.1) is 20.3 Å². The van der Waals surface area contributed by atoms with E-state index in [4.69, 9.17) is 14.2 Å². The Morgan fingerprint density at radius 2 is 1.65 bits per heavy atom. The number of carbonyl (C=O) groups is 2. The number of methoxy groups -OCH3 is 1. The van der Waals surface area contributed by atoms with Crippen molar-refractivity contribution in [2.75, 3.05) is 20.3 Å². The standard InChI is InChI=1S/C15H17N3O5/c1-4-22-14(19)18(15(20)23-5-2)17-13(10-16)11-6-8-12(21-3)9-7-11/h6-9H,4-5H2,1-3H3/b17-13+. The number of hydrazone groups is 1. The van der Waals surface area contributed by atoms with Gasteiger partial charge in [-0.25, -0.2) is 9.59 Å². The van der Waals surface area contributed by atoms with Crippen LogP contribution in [0, 0.1) is 11.3 Å². The van der Waals surface area contributed by atoms with Gasteiger partial charge < -0.3 is 14.2 Å². The molecule has 1 rings (SSSR count). The van der Waals surface area contributed by atoms with Crippen molar-refractivity contribution in [2.24, 2.45) is 5.10 Å². The van der Waals surface area contributed by atoms with Gasteiger partial charge in [0.2, 0.25) is 0 Å². The van der Waals surface area contributed by atoms with Crippen LogP contribution in [0.2, 0.25) is 0 Å². The van der Waals surface area contributed by atoms with Crippen molar-refractivity contribution in [2.45, 2.75) is 13.8 Å². The molecular weight excluding hydrogens is 302 g/mol. The number of carbonyl (C=O) groups excluding carboxylic acids is 2. The van der Waals surface area contributed by atoms with E-state index in [1.807, 2.05) is 6.07 Å². The fraction of sp³-hybridized carbons (Fsp3) is 0.333. The van der Waals surface area contributed by atoms with Crippen LogP contribution in [0.25, 0.3) is 0 Å². The normalized spacial score (nSPS) is 10.4. The van der Waals surface area contributed by atoms with Gasteiger partial charge in [-0.15, -0.1) is 5.10 Å². The average molecular weight is 319 g/mol. The number of rotatable bonds is 5. The predicted molar refractivity (Wildman–Crippen MR) is 81.0 cm³/mol. The number of hydrogen-bond donors (Lipinski definition) is 0. The molecule has 2 amide bonds. The van der Waals surface area contributed by atoms with Crippen molar-refractivity contribution >= 4 is 17.9 Å². The molecule has 23 heavy (non-hydrogen) atoms. The number of ether oxygens (including phenoxy) is 3. The lowest BCUT2D eigenvalue weighted by atomic mass is 10.1. The van der Waals surface area contributed by atoms with E-state index in [9.17, 15) is 14.9 Å². The van der Waals surface area contributed by atoms with Crippen LogP contribution in [0.4, 0.5) is 9.59 Å². The van der Waals surface area contributed by atoms with Crippen molar-refractivity contribution in [3.8, 4) is 11.8 Å². The summed E-state index contributed by atoms with van der Waals surface area (Å²) >= 11 is 0. The van der Waals surface area contributed by atoms with Gasteiger partial charge in [-0.05, 0) is 38.1 Å². The molecule has 0 heterocycles. The Morgan fingerprint density at radius 3 is 2.04 bits per heavy atom. The van der Waals surface area contributed by atoms with E-state index in [1.165, 1.54) is 7.11 Å². The summed E-state index contributed by atoms with van der Waals surface area (Å²) in [5.74, 6) is 0.596. The van der Waals surface area contributed by atoms with Crippen LogP contribution in [0.3, 0.4) is 0 Å². The van der Waals surface area contributed by atoms with Crippen LogP contribution >= 0.6 is 0 Å². The lowest BCUT2D eigenvalue weighted by Gasteiger charge is -2.14. The predicted octanol–water partition coefficient (Wildman–Crippen LogP) is 2.54. The smallest absolute Gasteiger partial charge is 0.440 e. The second-order valence-electron chi connectivity index (χ2n) is 4.00. The largest absolute Gasteiger partial charge is 0.497 e. The summed E-state index contributed by atoms with van der Waals surface area (Å²) in [6.07, 6.45) is -2.04. The number of hydrogen-bond acceptors (Lipinski definition) is 7. The van der Waals surface area contributed by atoms with Gasteiger partial charge in [-0.1, -0.05) is 5.01 Å². The molecule has 0 spiro atoms. The molecule has 0 aliphatic heterocycles. The minimum atomic E-state index is -1.02. The van der Waals surface area contributed by atoms with Crippen LogP contribution in [-0.2, 0) is 9.47 Å². The highest BCUT2D eigenvalue weighted by Crippen LogP contribution is 2.13. The Kier molecular flexibility index (Phi) is 7.07. The first-order chi connectivity index (χ1) is 11.1. The number of amides is 2. The highest BCUT2D eigenvalue weighted by Gasteiger charge is 2.25. The van der Waals surface area contributed by atoms with E-state index in [2.05, 4.69) is 5.10 Å². The molecule has 0 N–H and O–H groups in total. The Morgan fingerprint density at radius 1 is 1.13 bits per heavy atom. The van der Waals surface area contributed by atoms with Crippen molar-refractivity contribution in [3.63, 3.8) is 0 Å². The zero-order valence-electron chi connectivity index (χ0n) is 13.1. The zero-order chi connectivity index (χ0) is 17.2. The molecule has 122 valence electrons. The summed E-state index contributed by atoms with van der Waals surface area (Å²) in [7, 11) is 1.51. The molecule has 8 nitrogen and oxygen atoms in total. The molecule has 0 saturated carbocycles. The van der Waals surface area contributed by atoms with Crippen LogP contribution in [0.15, 0.2) is 29.4 Å². The van der Waals surface area contributed by atoms with Crippen LogP contribution in [-0.4, -0.2) is 43.2 Å². The lowest BCUT2D eigenvalue weighted by molar-refractivity contribution is 0.0825. The molecule has 0 atom stereocenters. The summed E-state index contributed by atoms with van der Waals surface area (Å²) in [6, 6.07) is 8.24. The second-order valence-corrected chi connectivity index (χ2v) is 4.00. The molecule has 0 aromatic heterocycles. The molecule has 8 heteroatoms. The SMILES string of the molecule is CCOC(=O)N(/N=C(\C#N)c1ccc(OC)cc1)C(=O)OCC. The molecule has 0 radical (unpaired) electrons. The summed E-state index contributed by atoms with van der Waals surface area (Å²) in [5.41, 5.74) is 0.264. The maximum Gasteiger partial charge on any atom is 0.440 e. The van der Waals surface area contributed by atoms with Gasteiger partial charge in [0.15, 0.2) is 5.71 Å². The number of imide groups is 1. The molecule has 0 unspecified atom stereocenters. The first-order valence-electron chi connectivity index (χ1n) is 6.84. The summed E-state index contributed by atoms with van der Waals surface area (Å²) in [4.78, 5) is 23.6. The molecule has 0 aliphatic rings. The van der Waals surface area contributed by atoms with Gasteiger partial charge in [0.25, 0.3) is 0 Å². The fourth-order valence-electron chi connectivity index (χ4n) is 1.52. The van der Waals surface area contributed by atoms with Crippen molar-refractivity contribution in [1.82, 2.24) is 5.01 Å². The number of nitrogens with zero attached hydrogens (tertiary/aromatic N) is 3. The first kappa shape index (κ1) is 18.0. The molecule has 0 bridgehead atoms. The molecule has 0 aliphatic carbocycles. The Labute approximate surface area is 133 Å². The van der Waals surface area contributed by atoms with Gasteiger partial charge in [-0.3, -0.25) is 0 Å². The Hall–Kier alpha value is -3.08. The van der Waals surface area contributed by atoms with E-state index in [1.54, 1.807) is 38.1 Å². The van der Waals surface area contributed by atoms with Crippen molar-refractivity contribution in [1.29, 1.82) is 5.26 Å². The minimum Gasteiger partial charge on any atom is -0.497 e. The minimum absolute atomic E-state index is 0.0503. The highest BCUT2D eigenvalue weighted by molar-refractivity contribution is 6.12. The van der Waals surface area contributed by atoms with Crippen molar-refractivity contribution in [3.05, 3.63) is 29.8 Å². The van der Waals surface area contributed by atoms with Crippen molar-refractivity contribution < 1.29 is 23.8 Å². The fourth-order valence-corrected chi connectivity index (χ4v) is 1.52. The van der Waals surface area contributed by atoms with E-state index in [-0.39, 0.29) is 18.9 Å². The monoisotopic (exact) mass is 319 g/mol. The van der Waals surface area contributed by atoms with Crippen LogP contribution in [0.1, 0.15) is 19.4 Å². The third-order valence-electron chi connectivity index (χ3n) is 2.55. The summed E-state index contributed by atoms with van der Waals surface area (Å²) in [5, 5.41) is 13.4. The van der Waals surface area contributed by atoms with Gasteiger partial charge in [-0.2, -0.15) is 5.26 Å². The van der Waals surface area contributed by atoms with Crippen LogP contribution < -0.4 is 4.74 Å². The third kappa shape index (κ3) is 5.00. The number of benzene rings is 1. The number of nitriles is 1. The van der Waals surface area contributed by atoms with E-state index >= 15 is 0 Å². The quantitative estimate of drug-likeness (QED) is 0.610. The summed E-state index contributed by atoms with van der Waals surface area (Å²) in [6.45, 7) is 3.27. The van der Waals surface area contributed by atoms with E-state index in [0.717, 1.165) is 0 Å². The molecule has 1 aromatic rings. The molecule has 0 fully saturated rings. The first-order valence-corrected chi connectivity index (χ1v) is 6.84. The maximum absolute atomic E-state index is 11.8. The van der Waals surface area contributed by atoms with Gasteiger partial charge >= 0.3 is 12.2 Å². The molecule has 1 aromatic carbocycles. The summed E-state index contributed by atoms with van der Waals surface area (Å²) < 4.78 is 14.5. The average Bonchev–Trinajstić information content (AvgIpc) is 2.56. The maximum atomic E-state index is 11.8. The van der Waals surface area contributed by atoms with E-state index < -0.39 is 12.2 Å². The Bertz CT molecular complexity index is 601. The Balaban J connectivity index is 3.16. The van der Waals surface area contributed by atoms with Gasteiger partial charge in [0, 0.05) is 5.56 Å². The molecule has 0 saturated heterocycles. The second kappa shape index (κ2) is 9.04. The highest BCUT2D eigenvalue weighted by atomic mass is 16.6. The third-order valence-corrected chi connectivity index (χ3v) is 2.55. The lowest BCUT2D eigenvalue weighted by Crippen LogP contribution is -2.34. The zero-order valence-corrected chi connectivity index (χ0v) is 13.1. The van der Waals surface area contributed by atoms with Gasteiger partial charge in [0.1, 0.15) is 11.8 Å².